The van der Waals surface area contributed by atoms with Gasteiger partial charge in [-0.25, -0.2) is 0 Å². The number of benzene rings is 2. The van der Waals surface area contributed by atoms with Gasteiger partial charge in [-0.05, 0) is 30.9 Å². The first-order valence-electron chi connectivity index (χ1n) is 7.08. The average Bonchev–Trinajstić information content (AvgIpc) is 2.58. The molecule has 0 bridgehead atoms. The predicted octanol–water partition coefficient (Wildman–Crippen LogP) is 4.98. The first kappa shape index (κ1) is 16.3. The van der Waals surface area contributed by atoms with E-state index in [9.17, 15) is 4.79 Å². The summed E-state index contributed by atoms with van der Waals surface area (Å²) in [7, 11) is 0. The average molecular weight is 358 g/mol. The quantitative estimate of drug-likeness (QED) is 0.719. The summed E-state index contributed by atoms with van der Waals surface area (Å²) in [5.74, 6) is 0.0139. The van der Waals surface area contributed by atoms with Crippen LogP contribution in [0.4, 0.5) is 5.69 Å². The third-order valence-electron chi connectivity index (χ3n) is 3.48. The van der Waals surface area contributed by atoms with E-state index in [-0.39, 0.29) is 5.91 Å². The molecule has 3 rings (SSSR count). The molecule has 0 unspecified atom stereocenters. The van der Waals surface area contributed by atoms with Crippen molar-refractivity contribution in [3.8, 4) is 0 Å². The Labute approximate surface area is 150 Å². The molecule has 0 saturated carbocycles. The van der Waals surface area contributed by atoms with E-state index in [1.54, 1.807) is 16.7 Å². The van der Waals surface area contributed by atoms with Gasteiger partial charge in [0.25, 0.3) is 5.91 Å². The lowest BCUT2D eigenvalue weighted by Crippen LogP contribution is -2.40. The van der Waals surface area contributed by atoms with Crippen LogP contribution in [0.3, 0.4) is 0 Å². The zero-order chi connectivity index (χ0) is 16.4. The fourth-order valence-corrected chi connectivity index (χ4v) is 4.46. The van der Waals surface area contributed by atoms with Crippen LogP contribution < -0.4 is 4.90 Å². The second-order valence-corrected chi connectivity index (χ2v) is 7.55. The largest absolute Gasteiger partial charge is 0.272 e. The number of thioether (sulfide) groups is 2. The van der Waals surface area contributed by atoms with Crippen molar-refractivity contribution in [3.05, 3.63) is 75.7 Å². The fraction of sp³-hybridized carbons (Fsp3) is 0.111. The van der Waals surface area contributed by atoms with E-state index in [0.29, 0.717) is 0 Å². The summed E-state index contributed by atoms with van der Waals surface area (Å²) in [5, 5.41) is 0.959. The van der Waals surface area contributed by atoms with Crippen LogP contribution in [0.25, 0.3) is 0 Å². The smallest absolute Gasteiger partial charge is 0.269 e. The fourth-order valence-electron chi connectivity index (χ4n) is 2.26. The van der Waals surface area contributed by atoms with Crippen LogP contribution in [0.1, 0.15) is 11.1 Å². The molecule has 2 aromatic carbocycles. The Balaban J connectivity index is 1.83. The number of nitrogens with zero attached hydrogens (tertiary/aromatic N) is 1. The van der Waals surface area contributed by atoms with E-state index < -0.39 is 0 Å². The molecular weight excluding hydrogens is 342 g/mol. The van der Waals surface area contributed by atoms with Crippen LogP contribution in [0, 0.1) is 6.92 Å². The van der Waals surface area contributed by atoms with Crippen LogP contribution in [0.5, 0.6) is 0 Å². The molecule has 0 atom stereocenters. The lowest BCUT2D eigenvalue weighted by atomic mass is 10.2. The molecule has 1 aliphatic heterocycles. The zero-order valence-corrected chi connectivity index (χ0v) is 15.2. The van der Waals surface area contributed by atoms with Crippen LogP contribution in [-0.4, -0.2) is 16.4 Å². The van der Waals surface area contributed by atoms with Crippen molar-refractivity contribution >= 4 is 51.5 Å². The lowest BCUT2D eigenvalue weighted by Gasteiger charge is -2.34. The van der Waals surface area contributed by atoms with Crippen LogP contribution in [0.15, 0.2) is 64.5 Å². The summed E-state index contributed by atoms with van der Waals surface area (Å²) >= 11 is 8.45. The highest BCUT2D eigenvalue weighted by Crippen LogP contribution is 2.43. The molecule has 23 heavy (non-hydrogen) atoms. The maximum atomic E-state index is 12.5. The topological polar surface area (TPSA) is 20.3 Å². The van der Waals surface area contributed by atoms with Gasteiger partial charge < -0.3 is 0 Å². The Hall–Kier alpha value is -1.56. The minimum atomic E-state index is 0.0139. The second-order valence-electron chi connectivity index (χ2n) is 5.07. The molecular formula is C18H15NOS3. The summed E-state index contributed by atoms with van der Waals surface area (Å²) < 4.78 is 0.729. The van der Waals surface area contributed by atoms with Crippen molar-refractivity contribution in [1.29, 1.82) is 0 Å². The van der Waals surface area contributed by atoms with Crippen molar-refractivity contribution in [2.45, 2.75) is 6.92 Å². The number of rotatable bonds is 4. The van der Waals surface area contributed by atoms with Crippen LogP contribution in [0.2, 0.25) is 0 Å². The van der Waals surface area contributed by atoms with E-state index in [2.05, 4.69) is 0 Å². The SMILES string of the molecule is CSC1=C(SC(=S)c2ccc(C)cc2)C(=O)N1c1ccccc1. The summed E-state index contributed by atoms with van der Waals surface area (Å²) in [5.41, 5.74) is 3.07. The molecule has 2 nitrogen and oxygen atoms in total. The van der Waals surface area contributed by atoms with Gasteiger partial charge in [0.2, 0.25) is 0 Å². The minimum Gasteiger partial charge on any atom is -0.269 e. The van der Waals surface area contributed by atoms with E-state index in [4.69, 9.17) is 12.2 Å². The molecule has 1 amide bonds. The summed E-state index contributed by atoms with van der Waals surface area (Å²) in [6, 6.07) is 17.8. The van der Waals surface area contributed by atoms with Crippen LogP contribution in [-0.2, 0) is 4.79 Å². The molecule has 0 radical (unpaired) electrons. The second kappa shape index (κ2) is 6.91. The molecule has 0 aliphatic carbocycles. The number of carbonyl (C=O) groups excluding carboxylic acids is 1. The number of para-hydroxylation sites is 1. The van der Waals surface area contributed by atoms with Crippen molar-refractivity contribution in [2.24, 2.45) is 0 Å². The van der Waals surface area contributed by atoms with Crippen LogP contribution >= 0.6 is 35.7 Å². The van der Waals surface area contributed by atoms with Gasteiger partial charge in [-0.1, -0.05) is 72.0 Å². The van der Waals surface area contributed by atoms with Gasteiger partial charge in [-0.15, -0.1) is 11.8 Å². The number of aryl methyl sites for hydroxylation is 1. The number of hydrogen-bond donors (Lipinski definition) is 0. The summed E-state index contributed by atoms with van der Waals surface area (Å²) in [4.78, 5) is 15.0. The number of hydrogen-bond acceptors (Lipinski definition) is 4. The zero-order valence-electron chi connectivity index (χ0n) is 12.8. The molecule has 0 saturated heterocycles. The van der Waals surface area contributed by atoms with Gasteiger partial charge in [-0.3, -0.25) is 9.69 Å². The molecule has 5 heteroatoms. The van der Waals surface area contributed by atoms with Gasteiger partial charge in [0.15, 0.2) is 0 Å². The number of carbonyl (C=O) groups is 1. The third kappa shape index (κ3) is 3.22. The van der Waals surface area contributed by atoms with E-state index in [1.807, 2.05) is 67.8 Å². The molecule has 1 heterocycles. The maximum Gasteiger partial charge on any atom is 0.272 e. The Kier molecular flexibility index (Phi) is 4.90. The normalized spacial score (nSPS) is 14.0. The molecule has 0 N–H and O–H groups in total. The third-order valence-corrected chi connectivity index (χ3v) is 5.87. The Morgan fingerprint density at radius 2 is 1.70 bits per heavy atom. The Bertz CT molecular complexity index is 782. The first-order valence-corrected chi connectivity index (χ1v) is 9.53. The highest BCUT2D eigenvalue weighted by atomic mass is 32.2. The summed E-state index contributed by atoms with van der Waals surface area (Å²) in [6.07, 6.45) is 1.98. The van der Waals surface area contributed by atoms with Gasteiger partial charge in [0, 0.05) is 5.69 Å². The molecule has 116 valence electrons. The van der Waals surface area contributed by atoms with Crippen molar-refractivity contribution < 1.29 is 4.79 Å². The van der Waals surface area contributed by atoms with E-state index >= 15 is 0 Å². The van der Waals surface area contributed by atoms with Gasteiger partial charge in [-0.2, -0.15) is 0 Å². The van der Waals surface area contributed by atoms with Crippen molar-refractivity contribution in [1.82, 2.24) is 0 Å². The standard InChI is InChI=1S/C18H15NOS3/c1-12-8-10-13(11-9-12)18(21)23-15-16(20)19(17(15)22-2)14-6-4-3-5-7-14/h3-11H,1-2H3. The number of anilines is 1. The highest BCUT2D eigenvalue weighted by molar-refractivity contribution is 8.27. The van der Waals surface area contributed by atoms with Gasteiger partial charge >= 0.3 is 0 Å². The highest BCUT2D eigenvalue weighted by Gasteiger charge is 2.38. The van der Waals surface area contributed by atoms with E-state index in [1.165, 1.54) is 17.3 Å². The molecule has 0 fully saturated rings. The molecule has 0 spiro atoms. The molecule has 2 aromatic rings. The minimum absolute atomic E-state index is 0.0139. The molecule has 1 aliphatic rings. The Morgan fingerprint density at radius 1 is 1.04 bits per heavy atom. The summed E-state index contributed by atoms with van der Waals surface area (Å²) in [6.45, 7) is 2.04. The van der Waals surface area contributed by atoms with Crippen molar-refractivity contribution in [3.63, 3.8) is 0 Å². The lowest BCUT2D eigenvalue weighted by molar-refractivity contribution is -0.115. The predicted molar refractivity (Wildman–Crippen MR) is 105 cm³/mol. The number of thiocarbonyl (C=S) groups is 1. The van der Waals surface area contributed by atoms with Gasteiger partial charge in [0.1, 0.15) is 9.93 Å². The molecule has 0 aromatic heterocycles. The van der Waals surface area contributed by atoms with Crippen molar-refractivity contribution in [2.75, 3.05) is 11.2 Å². The maximum absolute atomic E-state index is 12.5. The monoisotopic (exact) mass is 357 g/mol. The van der Waals surface area contributed by atoms with E-state index in [0.717, 1.165) is 25.4 Å². The first-order chi connectivity index (χ1) is 11.1. The Morgan fingerprint density at radius 3 is 2.30 bits per heavy atom. The number of amides is 1. The van der Waals surface area contributed by atoms with Gasteiger partial charge in [0.05, 0.1) is 4.20 Å².